The van der Waals surface area contributed by atoms with E-state index in [1.165, 1.54) is 6.92 Å². The average Bonchev–Trinajstić information content (AvgIpc) is 2.83. The van der Waals surface area contributed by atoms with Crippen molar-refractivity contribution in [1.82, 2.24) is 4.90 Å². The van der Waals surface area contributed by atoms with E-state index in [1.807, 2.05) is 12.1 Å². The van der Waals surface area contributed by atoms with Crippen molar-refractivity contribution in [2.24, 2.45) is 0 Å². The molecule has 18 heavy (non-hydrogen) atoms. The number of furan rings is 1. The third-order valence-corrected chi connectivity index (χ3v) is 2.72. The van der Waals surface area contributed by atoms with Gasteiger partial charge in [0.15, 0.2) is 0 Å². The van der Waals surface area contributed by atoms with Gasteiger partial charge in [0.05, 0.1) is 12.8 Å². The van der Waals surface area contributed by atoms with Crippen LogP contribution in [-0.2, 0) is 17.9 Å². The molecule has 0 spiro atoms. The minimum atomic E-state index is -0.0605. The molecule has 2 aromatic rings. The van der Waals surface area contributed by atoms with E-state index in [9.17, 15) is 9.90 Å². The molecule has 1 heterocycles. The molecule has 0 fully saturated rings. The third-order valence-electron chi connectivity index (χ3n) is 2.72. The van der Waals surface area contributed by atoms with Crippen molar-refractivity contribution in [1.29, 1.82) is 0 Å². The molecule has 0 saturated carbocycles. The van der Waals surface area contributed by atoms with Gasteiger partial charge in [0.2, 0.25) is 5.91 Å². The molecular weight excluding hydrogens is 230 g/mol. The highest BCUT2D eigenvalue weighted by molar-refractivity contribution is 5.73. The van der Waals surface area contributed by atoms with E-state index in [0.29, 0.717) is 13.1 Å². The van der Waals surface area contributed by atoms with Crippen LogP contribution in [-0.4, -0.2) is 15.9 Å². The fourth-order valence-corrected chi connectivity index (χ4v) is 1.72. The Bertz CT molecular complexity index is 520. The molecule has 4 nitrogen and oxygen atoms in total. The lowest BCUT2D eigenvalue weighted by Crippen LogP contribution is -2.27. The molecule has 0 aliphatic rings. The van der Waals surface area contributed by atoms with E-state index in [4.69, 9.17) is 4.42 Å². The topological polar surface area (TPSA) is 53.7 Å². The van der Waals surface area contributed by atoms with Gasteiger partial charge in [-0.1, -0.05) is 18.2 Å². The van der Waals surface area contributed by atoms with Gasteiger partial charge in [0.1, 0.15) is 11.5 Å². The molecule has 1 N–H and O–H groups in total. The number of aromatic hydroxyl groups is 1. The highest BCUT2D eigenvalue weighted by Gasteiger charge is 2.13. The number of carbonyl (C=O) groups is 1. The smallest absolute Gasteiger partial charge is 0.220 e. The first-order chi connectivity index (χ1) is 8.66. The van der Waals surface area contributed by atoms with Crippen molar-refractivity contribution < 1.29 is 14.3 Å². The van der Waals surface area contributed by atoms with Gasteiger partial charge in [0.25, 0.3) is 0 Å². The number of carbonyl (C=O) groups excluding carboxylic acids is 1. The summed E-state index contributed by atoms with van der Waals surface area (Å²) in [4.78, 5) is 13.2. The summed E-state index contributed by atoms with van der Waals surface area (Å²) in [7, 11) is 0. The van der Waals surface area contributed by atoms with Gasteiger partial charge < -0.3 is 14.4 Å². The van der Waals surface area contributed by atoms with Crippen LogP contribution in [0, 0.1) is 0 Å². The van der Waals surface area contributed by atoms with Crippen molar-refractivity contribution in [2.75, 3.05) is 0 Å². The first-order valence-corrected chi connectivity index (χ1v) is 5.71. The Kier molecular flexibility index (Phi) is 3.67. The summed E-state index contributed by atoms with van der Waals surface area (Å²) >= 11 is 0. The zero-order valence-corrected chi connectivity index (χ0v) is 10.2. The van der Waals surface area contributed by atoms with E-state index in [1.54, 1.807) is 35.4 Å². The molecule has 1 aromatic heterocycles. The second-order valence-electron chi connectivity index (χ2n) is 4.08. The molecule has 1 amide bonds. The molecule has 0 aliphatic heterocycles. The number of rotatable bonds is 4. The summed E-state index contributed by atoms with van der Waals surface area (Å²) in [6.07, 6.45) is 1.58. The predicted octanol–water partition coefficient (Wildman–Crippen LogP) is 2.53. The Morgan fingerprint density at radius 1 is 1.22 bits per heavy atom. The highest BCUT2D eigenvalue weighted by Crippen LogP contribution is 2.19. The minimum Gasteiger partial charge on any atom is -0.508 e. The van der Waals surface area contributed by atoms with Crippen LogP contribution in [0.4, 0.5) is 0 Å². The Hall–Kier alpha value is -2.23. The fourth-order valence-electron chi connectivity index (χ4n) is 1.72. The summed E-state index contributed by atoms with van der Waals surface area (Å²) in [5.41, 5.74) is 0.722. The molecule has 0 bridgehead atoms. The molecule has 0 unspecified atom stereocenters. The van der Waals surface area contributed by atoms with Crippen molar-refractivity contribution in [3.8, 4) is 5.75 Å². The molecular formula is C14H15NO3. The van der Waals surface area contributed by atoms with Gasteiger partial charge >= 0.3 is 0 Å². The normalized spacial score (nSPS) is 10.3. The predicted molar refractivity (Wildman–Crippen MR) is 66.7 cm³/mol. The van der Waals surface area contributed by atoms with Crippen LogP contribution < -0.4 is 0 Å². The number of phenols is 1. The first-order valence-electron chi connectivity index (χ1n) is 5.71. The molecule has 0 radical (unpaired) electrons. The Labute approximate surface area is 105 Å². The molecule has 0 atom stereocenters. The van der Waals surface area contributed by atoms with Crippen LogP contribution in [0.25, 0.3) is 0 Å². The number of benzene rings is 1. The van der Waals surface area contributed by atoms with E-state index in [-0.39, 0.29) is 11.7 Å². The monoisotopic (exact) mass is 245 g/mol. The highest BCUT2D eigenvalue weighted by atomic mass is 16.3. The summed E-state index contributed by atoms with van der Waals surface area (Å²) in [5.74, 6) is 0.860. The molecule has 0 saturated heterocycles. The number of nitrogens with zero attached hydrogens (tertiary/aromatic N) is 1. The zero-order valence-electron chi connectivity index (χ0n) is 10.2. The van der Waals surface area contributed by atoms with E-state index in [2.05, 4.69) is 0 Å². The summed E-state index contributed by atoms with van der Waals surface area (Å²) in [5, 5.41) is 9.71. The maximum atomic E-state index is 11.6. The Balaban J connectivity index is 2.12. The van der Waals surface area contributed by atoms with Gasteiger partial charge in [0, 0.05) is 19.0 Å². The van der Waals surface area contributed by atoms with Crippen LogP contribution in [0.5, 0.6) is 5.75 Å². The number of hydrogen-bond acceptors (Lipinski definition) is 3. The van der Waals surface area contributed by atoms with Gasteiger partial charge in [-0.25, -0.2) is 0 Å². The van der Waals surface area contributed by atoms with Crippen molar-refractivity contribution >= 4 is 5.91 Å². The van der Waals surface area contributed by atoms with Gasteiger partial charge in [-0.05, 0) is 18.2 Å². The Morgan fingerprint density at radius 3 is 2.61 bits per heavy atom. The van der Waals surface area contributed by atoms with Crippen LogP contribution >= 0.6 is 0 Å². The number of hydrogen-bond donors (Lipinski definition) is 1. The summed E-state index contributed by atoms with van der Waals surface area (Å²) < 4.78 is 5.23. The lowest BCUT2D eigenvalue weighted by molar-refractivity contribution is -0.130. The zero-order chi connectivity index (χ0) is 13.0. The lowest BCUT2D eigenvalue weighted by atomic mass is 10.2. The fraction of sp³-hybridized carbons (Fsp3) is 0.214. The summed E-state index contributed by atoms with van der Waals surface area (Å²) in [6.45, 7) is 2.27. The van der Waals surface area contributed by atoms with Gasteiger partial charge in [-0.15, -0.1) is 0 Å². The number of phenolic OH excluding ortho intramolecular Hbond substituents is 1. The molecule has 4 heteroatoms. The Morgan fingerprint density at radius 2 is 2.00 bits per heavy atom. The molecule has 94 valence electrons. The summed E-state index contributed by atoms with van der Waals surface area (Å²) in [6, 6.07) is 10.6. The van der Waals surface area contributed by atoms with Crippen molar-refractivity contribution in [3.63, 3.8) is 0 Å². The van der Waals surface area contributed by atoms with Gasteiger partial charge in [-0.2, -0.15) is 0 Å². The lowest BCUT2D eigenvalue weighted by Gasteiger charge is -2.20. The number of amides is 1. The first kappa shape index (κ1) is 12.2. The second-order valence-corrected chi connectivity index (χ2v) is 4.08. The number of para-hydroxylation sites is 1. The third kappa shape index (κ3) is 2.91. The van der Waals surface area contributed by atoms with Gasteiger partial charge in [-0.3, -0.25) is 4.79 Å². The van der Waals surface area contributed by atoms with Crippen molar-refractivity contribution in [3.05, 3.63) is 54.0 Å². The van der Waals surface area contributed by atoms with Crippen LogP contribution in [0.3, 0.4) is 0 Å². The minimum absolute atomic E-state index is 0.0605. The molecule has 2 rings (SSSR count). The quantitative estimate of drug-likeness (QED) is 0.900. The van der Waals surface area contributed by atoms with Crippen molar-refractivity contribution in [2.45, 2.75) is 20.0 Å². The van der Waals surface area contributed by atoms with Crippen LogP contribution in [0.1, 0.15) is 18.2 Å². The van der Waals surface area contributed by atoms with Crippen LogP contribution in [0.15, 0.2) is 47.1 Å². The van der Waals surface area contributed by atoms with E-state index in [0.717, 1.165) is 11.3 Å². The van der Waals surface area contributed by atoms with E-state index < -0.39 is 0 Å². The average molecular weight is 245 g/mol. The molecule has 1 aromatic carbocycles. The van der Waals surface area contributed by atoms with E-state index >= 15 is 0 Å². The van der Waals surface area contributed by atoms with Crippen LogP contribution in [0.2, 0.25) is 0 Å². The maximum Gasteiger partial charge on any atom is 0.220 e. The maximum absolute atomic E-state index is 11.6. The second kappa shape index (κ2) is 5.40. The standard InChI is InChI=1S/C14H15NO3/c1-11(16)15(10-13-6-4-8-18-13)9-12-5-2-3-7-14(12)17/h2-8,17H,9-10H2,1H3. The largest absolute Gasteiger partial charge is 0.508 e. The molecule has 0 aliphatic carbocycles. The SMILES string of the molecule is CC(=O)N(Cc1ccco1)Cc1ccccc1O.